The highest BCUT2D eigenvalue weighted by molar-refractivity contribution is 14.0. The van der Waals surface area contributed by atoms with Gasteiger partial charge in [0.2, 0.25) is 0 Å². The molecule has 7 heteroatoms. The van der Waals surface area contributed by atoms with E-state index in [4.69, 9.17) is 4.99 Å². The molecule has 1 aliphatic heterocycles. The van der Waals surface area contributed by atoms with E-state index >= 15 is 0 Å². The van der Waals surface area contributed by atoms with Crippen molar-refractivity contribution in [3.8, 4) is 0 Å². The van der Waals surface area contributed by atoms with E-state index in [0.717, 1.165) is 24.2 Å². The van der Waals surface area contributed by atoms with E-state index < -0.39 is 9.84 Å². The molecule has 0 amide bonds. The lowest BCUT2D eigenvalue weighted by Crippen LogP contribution is -2.47. The average Bonchev–Trinajstić information content (AvgIpc) is 3.34. The normalized spacial score (nSPS) is 30.8. The molecule has 0 radical (unpaired) electrons. The van der Waals surface area contributed by atoms with Crippen molar-refractivity contribution in [1.82, 2.24) is 10.6 Å². The number of sulfone groups is 1. The van der Waals surface area contributed by atoms with Gasteiger partial charge in [0, 0.05) is 12.6 Å². The summed E-state index contributed by atoms with van der Waals surface area (Å²) in [5.41, 5.74) is 2.45. The smallest absolute Gasteiger partial charge is 0.191 e. The van der Waals surface area contributed by atoms with E-state index in [1.54, 1.807) is 0 Å². The number of nitrogens with zero attached hydrogens (tertiary/aromatic N) is 1. The highest BCUT2D eigenvalue weighted by atomic mass is 127. The Morgan fingerprint density at radius 1 is 1.14 bits per heavy atom. The van der Waals surface area contributed by atoms with Crippen LogP contribution in [0.3, 0.4) is 0 Å². The zero-order valence-corrected chi connectivity index (χ0v) is 19.7. The Bertz CT molecular complexity index is 794. The summed E-state index contributed by atoms with van der Waals surface area (Å²) < 4.78 is 23.4. The topological polar surface area (TPSA) is 70.6 Å². The van der Waals surface area contributed by atoms with Gasteiger partial charge in [-0.15, -0.1) is 24.0 Å². The minimum atomic E-state index is -2.83. The van der Waals surface area contributed by atoms with E-state index in [9.17, 15) is 8.42 Å². The van der Waals surface area contributed by atoms with Crippen LogP contribution in [0.5, 0.6) is 0 Å². The average molecular weight is 517 g/mol. The molecule has 28 heavy (non-hydrogen) atoms. The van der Waals surface area contributed by atoms with Gasteiger partial charge in [-0.05, 0) is 55.9 Å². The molecule has 156 valence electrons. The van der Waals surface area contributed by atoms with Crippen molar-refractivity contribution in [2.24, 2.45) is 22.7 Å². The van der Waals surface area contributed by atoms with Crippen molar-refractivity contribution in [3.63, 3.8) is 0 Å². The highest BCUT2D eigenvalue weighted by Crippen LogP contribution is 2.44. The molecule has 3 aliphatic rings. The molecule has 2 aliphatic carbocycles. The maximum Gasteiger partial charge on any atom is 0.191 e. The molecule has 4 rings (SSSR count). The molecule has 2 bridgehead atoms. The second-order valence-electron chi connectivity index (χ2n) is 8.73. The quantitative estimate of drug-likeness (QED) is 0.358. The summed E-state index contributed by atoms with van der Waals surface area (Å²) in [7, 11) is -2.83. The lowest BCUT2D eigenvalue weighted by Gasteiger charge is -2.26. The summed E-state index contributed by atoms with van der Waals surface area (Å²) in [6, 6.07) is 8.99. The standard InChI is InChI=1S/C21H31N3O2S.HI/c1-15-2-4-16(5-3-15)12-22-21(23-13-18-8-9-27(25,26)14-18)24-20-11-17-6-7-19(20)10-17;/h2-5,17-20H,6-14H2,1H3,(H2,22,23,24);1H. The third kappa shape index (κ3) is 5.62. The van der Waals surface area contributed by atoms with Crippen molar-refractivity contribution in [1.29, 1.82) is 0 Å². The SMILES string of the molecule is Cc1ccc(CN=C(NCC2CCS(=O)(=O)C2)NC2CC3CCC2C3)cc1.I. The zero-order chi connectivity index (χ0) is 18.9. The molecule has 2 N–H and O–H groups in total. The largest absolute Gasteiger partial charge is 0.356 e. The first-order valence-electron chi connectivity index (χ1n) is 10.3. The first-order valence-corrected chi connectivity index (χ1v) is 12.1. The second kappa shape index (κ2) is 9.32. The lowest BCUT2D eigenvalue weighted by atomic mass is 9.95. The molecule has 2 saturated carbocycles. The van der Waals surface area contributed by atoms with Gasteiger partial charge in [-0.3, -0.25) is 0 Å². The summed E-state index contributed by atoms with van der Waals surface area (Å²) in [5, 5.41) is 7.11. The Morgan fingerprint density at radius 2 is 1.93 bits per heavy atom. The maximum atomic E-state index is 11.7. The molecule has 1 saturated heterocycles. The molecule has 1 aromatic rings. The van der Waals surface area contributed by atoms with Crippen molar-refractivity contribution in [2.45, 2.75) is 51.6 Å². The van der Waals surface area contributed by atoms with Crippen molar-refractivity contribution in [3.05, 3.63) is 35.4 Å². The van der Waals surface area contributed by atoms with Crippen LogP contribution in [0.15, 0.2) is 29.3 Å². The van der Waals surface area contributed by atoms with Crippen LogP contribution in [0.2, 0.25) is 0 Å². The predicted octanol–water partition coefficient (Wildman–Crippen LogP) is 3.27. The van der Waals surface area contributed by atoms with E-state index in [1.165, 1.54) is 36.8 Å². The van der Waals surface area contributed by atoms with Crippen molar-refractivity contribution < 1.29 is 8.42 Å². The molecular weight excluding hydrogens is 485 g/mol. The minimum absolute atomic E-state index is 0. The third-order valence-corrected chi connectivity index (χ3v) is 8.32. The van der Waals surface area contributed by atoms with E-state index in [-0.39, 0.29) is 29.9 Å². The highest BCUT2D eigenvalue weighted by Gasteiger charge is 2.40. The lowest BCUT2D eigenvalue weighted by molar-refractivity contribution is 0.386. The van der Waals surface area contributed by atoms with Crippen molar-refractivity contribution >= 4 is 39.8 Å². The van der Waals surface area contributed by atoms with Gasteiger partial charge in [-0.2, -0.15) is 0 Å². The number of hydrogen-bond acceptors (Lipinski definition) is 3. The number of halogens is 1. The number of fused-ring (bicyclic) bond motifs is 2. The van der Waals surface area contributed by atoms with E-state index in [1.807, 2.05) is 0 Å². The van der Waals surface area contributed by atoms with Crippen LogP contribution < -0.4 is 10.6 Å². The van der Waals surface area contributed by atoms with Gasteiger partial charge in [-0.25, -0.2) is 13.4 Å². The fraction of sp³-hybridized carbons (Fsp3) is 0.667. The van der Waals surface area contributed by atoms with Crippen LogP contribution in [-0.2, 0) is 16.4 Å². The van der Waals surface area contributed by atoms with E-state index in [0.29, 0.717) is 30.6 Å². The molecule has 1 heterocycles. The molecule has 3 fully saturated rings. The number of benzene rings is 1. The fourth-order valence-electron chi connectivity index (χ4n) is 4.89. The fourth-order valence-corrected chi connectivity index (χ4v) is 6.75. The van der Waals surface area contributed by atoms with E-state index in [2.05, 4.69) is 41.8 Å². The Morgan fingerprint density at radius 3 is 2.54 bits per heavy atom. The monoisotopic (exact) mass is 517 g/mol. The van der Waals surface area contributed by atoms with Crippen LogP contribution in [0, 0.1) is 24.7 Å². The van der Waals surface area contributed by atoms with Crippen LogP contribution in [-0.4, -0.2) is 38.5 Å². The Labute approximate surface area is 186 Å². The molecule has 0 aromatic heterocycles. The third-order valence-electron chi connectivity index (χ3n) is 6.49. The molecule has 0 spiro atoms. The molecule has 4 atom stereocenters. The summed E-state index contributed by atoms with van der Waals surface area (Å²) >= 11 is 0. The number of aryl methyl sites for hydroxylation is 1. The molecule has 1 aromatic carbocycles. The number of nitrogens with one attached hydrogen (secondary N) is 2. The van der Waals surface area contributed by atoms with Gasteiger partial charge in [0.15, 0.2) is 15.8 Å². The molecular formula is C21H32IN3O2S. The van der Waals surface area contributed by atoms with Crippen molar-refractivity contribution in [2.75, 3.05) is 18.1 Å². The van der Waals surface area contributed by atoms with Gasteiger partial charge in [0.05, 0.1) is 18.1 Å². The molecule has 4 unspecified atom stereocenters. The summed E-state index contributed by atoms with van der Waals surface area (Å²) in [4.78, 5) is 4.81. The zero-order valence-electron chi connectivity index (χ0n) is 16.6. The summed E-state index contributed by atoms with van der Waals surface area (Å²) in [6.45, 7) is 3.41. The van der Waals surface area contributed by atoms with Gasteiger partial charge in [-0.1, -0.05) is 36.2 Å². The number of aliphatic imine (C=N–C) groups is 1. The predicted molar refractivity (Wildman–Crippen MR) is 125 cm³/mol. The maximum absolute atomic E-state index is 11.7. The summed E-state index contributed by atoms with van der Waals surface area (Å²) in [6.07, 6.45) is 6.06. The first kappa shape index (κ1) is 21.9. The van der Waals surface area contributed by atoms with Gasteiger partial charge < -0.3 is 10.6 Å². The van der Waals surface area contributed by atoms with Crippen LogP contribution in [0.1, 0.15) is 43.2 Å². The number of guanidine groups is 1. The van der Waals surface area contributed by atoms with Crippen LogP contribution in [0.4, 0.5) is 0 Å². The number of hydrogen-bond donors (Lipinski definition) is 2. The van der Waals surface area contributed by atoms with Gasteiger partial charge in [0.25, 0.3) is 0 Å². The first-order chi connectivity index (χ1) is 13.0. The Balaban J connectivity index is 0.00000225. The van der Waals surface area contributed by atoms with Crippen LogP contribution >= 0.6 is 24.0 Å². The molecule has 5 nitrogen and oxygen atoms in total. The second-order valence-corrected chi connectivity index (χ2v) is 11.0. The summed E-state index contributed by atoms with van der Waals surface area (Å²) in [5.74, 6) is 3.33. The number of rotatable bonds is 5. The Kier molecular flexibility index (Phi) is 7.28. The minimum Gasteiger partial charge on any atom is -0.356 e. The van der Waals surface area contributed by atoms with Gasteiger partial charge in [0.1, 0.15) is 0 Å². The Hall–Kier alpha value is -0.830. The van der Waals surface area contributed by atoms with Gasteiger partial charge >= 0.3 is 0 Å². The van der Waals surface area contributed by atoms with Crippen LogP contribution in [0.25, 0.3) is 0 Å².